The second-order valence-electron chi connectivity index (χ2n) is 6.30. The Hall–Kier alpha value is -0.830. The molecule has 0 spiro atoms. The first-order valence-corrected chi connectivity index (χ1v) is 11.3. The summed E-state index contributed by atoms with van der Waals surface area (Å²) in [5, 5.41) is 0. The van der Waals surface area contributed by atoms with Crippen molar-refractivity contribution in [1.29, 1.82) is 0 Å². The Kier molecular flexibility index (Phi) is 8.39. The van der Waals surface area contributed by atoms with Gasteiger partial charge in [0.2, 0.25) is 10.0 Å². The van der Waals surface area contributed by atoms with Crippen molar-refractivity contribution in [3.05, 3.63) is 46.3 Å². The van der Waals surface area contributed by atoms with Crippen LogP contribution < -0.4 is 9.46 Å². The van der Waals surface area contributed by atoms with Gasteiger partial charge >= 0.3 is 0 Å². The number of piperidine rings is 1. The molecule has 1 atom stereocenters. The van der Waals surface area contributed by atoms with Gasteiger partial charge in [-0.3, -0.25) is 4.90 Å². The number of nitrogens with zero attached hydrogens (tertiary/aromatic N) is 1. The van der Waals surface area contributed by atoms with E-state index in [1.54, 1.807) is 19.2 Å². The largest absolute Gasteiger partial charge is 0.497 e. The van der Waals surface area contributed by atoms with E-state index in [0.29, 0.717) is 10.9 Å². The molecule has 0 saturated carbocycles. The van der Waals surface area contributed by atoms with Crippen molar-refractivity contribution in [1.82, 2.24) is 9.62 Å². The topological polar surface area (TPSA) is 58.6 Å². The molecule has 27 heavy (non-hydrogen) atoms. The van der Waals surface area contributed by atoms with Crippen LogP contribution in [0.1, 0.15) is 30.9 Å². The average molecular weight is 451 g/mol. The molecule has 0 aliphatic carbocycles. The Morgan fingerprint density at radius 2 is 1.81 bits per heavy atom. The minimum Gasteiger partial charge on any atom is -0.497 e. The molecule has 0 bridgehead atoms. The fourth-order valence-electron chi connectivity index (χ4n) is 3.22. The average Bonchev–Trinajstić information content (AvgIpc) is 3.11. The zero-order valence-corrected chi connectivity index (χ0v) is 18.3. The third-order valence-corrected chi connectivity index (χ3v) is 7.76. The van der Waals surface area contributed by atoms with Crippen LogP contribution in [0.25, 0.3) is 0 Å². The summed E-state index contributed by atoms with van der Waals surface area (Å²) in [4.78, 5) is 2.36. The molecular weight excluding hydrogens is 427 g/mol. The first-order chi connectivity index (χ1) is 12.5. The molecule has 1 aromatic heterocycles. The van der Waals surface area contributed by atoms with Gasteiger partial charge in [-0.05, 0) is 55.8 Å². The van der Waals surface area contributed by atoms with E-state index < -0.39 is 10.0 Å². The van der Waals surface area contributed by atoms with E-state index in [4.69, 9.17) is 16.3 Å². The molecule has 1 saturated heterocycles. The summed E-state index contributed by atoms with van der Waals surface area (Å²) in [6, 6.07) is 11.0. The van der Waals surface area contributed by atoms with Crippen LogP contribution in [0.4, 0.5) is 0 Å². The van der Waals surface area contributed by atoms with Gasteiger partial charge in [0, 0.05) is 12.6 Å². The van der Waals surface area contributed by atoms with Crippen LogP contribution >= 0.6 is 35.3 Å². The predicted molar refractivity (Wildman–Crippen MR) is 113 cm³/mol. The summed E-state index contributed by atoms with van der Waals surface area (Å²) in [5.74, 6) is 0.792. The second kappa shape index (κ2) is 10.1. The van der Waals surface area contributed by atoms with Crippen molar-refractivity contribution in [3.63, 3.8) is 0 Å². The number of ether oxygens (including phenoxy) is 1. The second-order valence-corrected chi connectivity index (χ2v) is 10.0. The molecule has 1 aliphatic rings. The van der Waals surface area contributed by atoms with Crippen LogP contribution in [0.15, 0.2) is 40.6 Å². The van der Waals surface area contributed by atoms with Crippen molar-refractivity contribution in [3.8, 4) is 5.75 Å². The molecule has 150 valence electrons. The Bertz CT molecular complexity index is 819. The van der Waals surface area contributed by atoms with Crippen LogP contribution in [0, 0.1) is 0 Å². The minimum atomic E-state index is -3.56. The molecule has 2 aromatic rings. The molecule has 1 aliphatic heterocycles. The SMILES string of the molecule is COc1ccc(C(CNS(=O)(=O)c2ccc(Cl)s2)N2CCCCC2)cc1.Cl. The highest BCUT2D eigenvalue weighted by Crippen LogP contribution is 2.28. The predicted octanol–water partition coefficient (Wildman–Crippen LogP) is 4.34. The molecule has 1 aromatic carbocycles. The standard InChI is InChI=1S/C18H23ClN2O3S2.ClH/c1-24-15-7-5-14(6-8-15)16(21-11-3-2-4-12-21)13-20-26(22,23)18-10-9-17(19)25-18;/h5-10,16,20H,2-4,11-13H2,1H3;1H. The number of halogens is 2. The monoisotopic (exact) mass is 450 g/mol. The highest BCUT2D eigenvalue weighted by atomic mass is 35.5. The maximum atomic E-state index is 12.6. The summed E-state index contributed by atoms with van der Waals surface area (Å²) >= 11 is 6.95. The van der Waals surface area contributed by atoms with Crippen LogP contribution in [-0.2, 0) is 10.0 Å². The number of hydrogen-bond acceptors (Lipinski definition) is 5. The lowest BCUT2D eigenvalue weighted by Crippen LogP contribution is -2.40. The van der Waals surface area contributed by atoms with E-state index in [1.807, 2.05) is 24.3 Å². The molecule has 9 heteroatoms. The van der Waals surface area contributed by atoms with E-state index in [9.17, 15) is 8.42 Å². The van der Waals surface area contributed by atoms with Gasteiger partial charge in [0.15, 0.2) is 0 Å². The Labute approximate surface area is 176 Å². The number of hydrogen-bond donors (Lipinski definition) is 1. The van der Waals surface area contributed by atoms with E-state index in [-0.39, 0.29) is 22.7 Å². The molecule has 0 amide bonds. The summed E-state index contributed by atoms with van der Waals surface area (Å²) in [6.45, 7) is 2.27. The highest BCUT2D eigenvalue weighted by Gasteiger charge is 2.25. The number of benzene rings is 1. The maximum Gasteiger partial charge on any atom is 0.250 e. The lowest BCUT2D eigenvalue weighted by molar-refractivity contribution is 0.164. The van der Waals surface area contributed by atoms with E-state index >= 15 is 0 Å². The molecule has 1 N–H and O–H groups in total. The summed E-state index contributed by atoms with van der Waals surface area (Å²) < 4.78 is 33.8. The number of methoxy groups -OCH3 is 1. The van der Waals surface area contributed by atoms with E-state index in [0.717, 1.165) is 48.6 Å². The number of rotatable bonds is 7. The van der Waals surface area contributed by atoms with Gasteiger partial charge in [0.1, 0.15) is 9.96 Å². The van der Waals surface area contributed by atoms with Crippen LogP contribution in [-0.4, -0.2) is 40.1 Å². The summed E-state index contributed by atoms with van der Waals surface area (Å²) in [6.07, 6.45) is 3.51. The van der Waals surface area contributed by atoms with E-state index in [2.05, 4.69) is 9.62 Å². The summed E-state index contributed by atoms with van der Waals surface area (Å²) in [5.41, 5.74) is 1.08. The lowest BCUT2D eigenvalue weighted by Gasteiger charge is -2.35. The normalized spacial score (nSPS) is 16.5. The van der Waals surface area contributed by atoms with Gasteiger partial charge in [-0.15, -0.1) is 23.7 Å². The molecule has 1 fully saturated rings. The van der Waals surface area contributed by atoms with Gasteiger partial charge < -0.3 is 4.74 Å². The quantitative estimate of drug-likeness (QED) is 0.681. The third-order valence-electron chi connectivity index (χ3n) is 4.61. The maximum absolute atomic E-state index is 12.6. The van der Waals surface area contributed by atoms with Crippen molar-refractivity contribution < 1.29 is 13.2 Å². The molecule has 3 rings (SSSR count). The van der Waals surface area contributed by atoms with Gasteiger partial charge in [-0.2, -0.15) is 0 Å². The zero-order chi connectivity index (χ0) is 18.6. The zero-order valence-electron chi connectivity index (χ0n) is 15.1. The smallest absolute Gasteiger partial charge is 0.250 e. The fourth-order valence-corrected chi connectivity index (χ4v) is 5.78. The number of likely N-dealkylation sites (tertiary alicyclic amines) is 1. The fraction of sp³-hybridized carbons (Fsp3) is 0.444. The van der Waals surface area contributed by atoms with Crippen molar-refractivity contribution in [2.75, 3.05) is 26.7 Å². The van der Waals surface area contributed by atoms with Crippen molar-refractivity contribution in [2.45, 2.75) is 29.5 Å². The Balaban J connectivity index is 0.00000261. The van der Waals surface area contributed by atoms with E-state index in [1.165, 1.54) is 6.42 Å². The Morgan fingerprint density at radius 1 is 1.15 bits per heavy atom. The number of sulfonamides is 1. The summed E-state index contributed by atoms with van der Waals surface area (Å²) in [7, 11) is -1.92. The molecular formula is C18H24Cl2N2O3S2. The molecule has 5 nitrogen and oxygen atoms in total. The van der Waals surface area contributed by atoms with Gasteiger partial charge in [0.05, 0.1) is 11.4 Å². The van der Waals surface area contributed by atoms with Gasteiger partial charge in [-0.1, -0.05) is 30.2 Å². The Morgan fingerprint density at radius 3 is 2.37 bits per heavy atom. The highest BCUT2D eigenvalue weighted by molar-refractivity contribution is 7.91. The first-order valence-electron chi connectivity index (χ1n) is 8.62. The lowest BCUT2D eigenvalue weighted by atomic mass is 10.0. The van der Waals surface area contributed by atoms with Gasteiger partial charge in [-0.25, -0.2) is 13.1 Å². The molecule has 1 unspecified atom stereocenters. The third kappa shape index (κ3) is 5.82. The minimum absolute atomic E-state index is 0. The van der Waals surface area contributed by atoms with Crippen LogP contribution in [0.3, 0.4) is 0 Å². The van der Waals surface area contributed by atoms with Crippen LogP contribution in [0.5, 0.6) is 5.75 Å². The van der Waals surface area contributed by atoms with Crippen molar-refractivity contribution in [2.24, 2.45) is 0 Å². The molecule has 2 heterocycles. The van der Waals surface area contributed by atoms with Crippen molar-refractivity contribution >= 4 is 45.4 Å². The van der Waals surface area contributed by atoms with Crippen LogP contribution in [0.2, 0.25) is 4.34 Å². The number of nitrogens with one attached hydrogen (secondary N) is 1. The van der Waals surface area contributed by atoms with Gasteiger partial charge in [0.25, 0.3) is 0 Å². The first kappa shape index (κ1) is 22.5. The number of thiophene rings is 1. The molecule has 0 radical (unpaired) electrons.